The Bertz CT molecular complexity index is 705. The first-order valence-electron chi connectivity index (χ1n) is 4.79. The molecular formula is C10H7BrN4O2S. The Kier molecular flexibility index (Phi) is 3.68. The number of aromatic nitrogens is 2. The van der Waals surface area contributed by atoms with E-state index in [0.29, 0.717) is 5.69 Å². The van der Waals surface area contributed by atoms with Gasteiger partial charge in [0.15, 0.2) is 4.77 Å². The Hall–Kier alpha value is -1.80. The van der Waals surface area contributed by atoms with Gasteiger partial charge in [-0.15, -0.1) is 5.11 Å². The maximum absolute atomic E-state index is 11.5. The van der Waals surface area contributed by atoms with Crippen LogP contribution >= 0.6 is 28.1 Å². The zero-order valence-corrected chi connectivity index (χ0v) is 11.2. The lowest BCUT2D eigenvalue weighted by Gasteiger charge is -1.96. The van der Waals surface area contributed by atoms with Gasteiger partial charge in [-0.2, -0.15) is 5.11 Å². The molecule has 92 valence electrons. The van der Waals surface area contributed by atoms with E-state index in [4.69, 9.17) is 12.2 Å². The number of azo groups is 1. The summed E-state index contributed by atoms with van der Waals surface area (Å²) in [5, 5.41) is 17.0. The molecule has 2 aromatic rings. The Morgan fingerprint density at radius 2 is 1.83 bits per heavy atom. The fraction of sp³-hybridized carbons (Fsp3) is 0. The van der Waals surface area contributed by atoms with Crippen LogP contribution < -0.4 is 5.56 Å². The standard InChI is InChI=1S/C10H7BrN4O2S/c11-5-1-3-6(4-2-5)14-15-7-8(16)12-10(18)13-9(7)17/h1-4H,(H3,12,13,16,17,18). The monoisotopic (exact) mass is 326 g/mol. The molecule has 18 heavy (non-hydrogen) atoms. The van der Waals surface area contributed by atoms with Crippen molar-refractivity contribution in [3.63, 3.8) is 0 Å². The van der Waals surface area contributed by atoms with Crippen LogP contribution in [0.25, 0.3) is 0 Å². The molecule has 0 atom stereocenters. The van der Waals surface area contributed by atoms with Gasteiger partial charge < -0.3 is 10.1 Å². The first-order chi connectivity index (χ1) is 8.56. The summed E-state index contributed by atoms with van der Waals surface area (Å²) in [7, 11) is 0. The van der Waals surface area contributed by atoms with Gasteiger partial charge in [-0.1, -0.05) is 15.9 Å². The van der Waals surface area contributed by atoms with E-state index in [1.807, 2.05) is 0 Å². The van der Waals surface area contributed by atoms with Crippen molar-refractivity contribution in [1.82, 2.24) is 9.97 Å². The number of halogens is 1. The number of hydrogen-bond donors (Lipinski definition) is 3. The summed E-state index contributed by atoms with van der Waals surface area (Å²) in [4.78, 5) is 16.2. The van der Waals surface area contributed by atoms with Gasteiger partial charge in [0.25, 0.3) is 5.56 Å². The van der Waals surface area contributed by atoms with E-state index in [0.717, 1.165) is 4.47 Å². The van der Waals surface area contributed by atoms with Crippen LogP contribution in [0.5, 0.6) is 5.88 Å². The molecule has 1 heterocycles. The van der Waals surface area contributed by atoms with E-state index >= 15 is 0 Å². The van der Waals surface area contributed by atoms with Crippen LogP contribution in [0.2, 0.25) is 0 Å². The molecule has 8 heteroatoms. The van der Waals surface area contributed by atoms with Gasteiger partial charge in [0.2, 0.25) is 11.6 Å². The van der Waals surface area contributed by atoms with Crippen LogP contribution in [0.3, 0.4) is 0 Å². The summed E-state index contributed by atoms with van der Waals surface area (Å²) >= 11 is 7.98. The summed E-state index contributed by atoms with van der Waals surface area (Å²) in [6.45, 7) is 0. The van der Waals surface area contributed by atoms with E-state index in [1.54, 1.807) is 24.3 Å². The number of rotatable bonds is 2. The quantitative estimate of drug-likeness (QED) is 0.583. The van der Waals surface area contributed by atoms with Gasteiger partial charge in [-0.05, 0) is 36.5 Å². The molecule has 3 N–H and O–H groups in total. The normalized spacial score (nSPS) is 10.9. The van der Waals surface area contributed by atoms with E-state index in [-0.39, 0.29) is 10.5 Å². The van der Waals surface area contributed by atoms with E-state index in [9.17, 15) is 9.90 Å². The fourth-order valence-corrected chi connectivity index (χ4v) is 1.63. The Balaban J connectivity index is 2.38. The van der Waals surface area contributed by atoms with Crippen LogP contribution in [0.4, 0.5) is 11.4 Å². The maximum atomic E-state index is 11.5. The molecule has 0 unspecified atom stereocenters. The van der Waals surface area contributed by atoms with Gasteiger partial charge in [0, 0.05) is 4.47 Å². The number of hydrogen-bond acceptors (Lipinski definition) is 5. The van der Waals surface area contributed by atoms with Crippen LogP contribution in [0, 0.1) is 4.77 Å². The van der Waals surface area contributed by atoms with Crippen molar-refractivity contribution in [2.24, 2.45) is 10.2 Å². The highest BCUT2D eigenvalue weighted by molar-refractivity contribution is 9.10. The van der Waals surface area contributed by atoms with Crippen LogP contribution in [-0.2, 0) is 0 Å². The minimum atomic E-state index is -0.600. The zero-order valence-electron chi connectivity index (χ0n) is 8.85. The fourth-order valence-electron chi connectivity index (χ4n) is 1.18. The van der Waals surface area contributed by atoms with Crippen molar-refractivity contribution in [2.45, 2.75) is 0 Å². The molecule has 0 bridgehead atoms. The lowest BCUT2D eigenvalue weighted by molar-refractivity contribution is 0.451. The third kappa shape index (κ3) is 2.90. The van der Waals surface area contributed by atoms with Crippen molar-refractivity contribution < 1.29 is 5.11 Å². The third-order valence-corrected chi connectivity index (χ3v) is 2.72. The van der Waals surface area contributed by atoms with E-state index < -0.39 is 11.4 Å². The number of H-pyrrole nitrogens is 2. The molecule has 2 rings (SSSR count). The second-order valence-corrected chi connectivity index (χ2v) is 4.61. The van der Waals surface area contributed by atoms with E-state index in [2.05, 4.69) is 36.1 Å². The topological polar surface area (TPSA) is 93.6 Å². The number of benzene rings is 1. The molecule has 0 saturated carbocycles. The van der Waals surface area contributed by atoms with Gasteiger partial charge >= 0.3 is 0 Å². The summed E-state index contributed by atoms with van der Waals surface area (Å²) in [5.41, 5.74) is -0.261. The van der Waals surface area contributed by atoms with Gasteiger partial charge in [-0.3, -0.25) is 9.78 Å². The first kappa shape index (κ1) is 12.7. The van der Waals surface area contributed by atoms with Crippen molar-refractivity contribution in [2.75, 3.05) is 0 Å². The van der Waals surface area contributed by atoms with Crippen LogP contribution in [0.15, 0.2) is 43.8 Å². The number of nitrogens with one attached hydrogen (secondary N) is 2. The average molecular weight is 327 g/mol. The smallest absolute Gasteiger partial charge is 0.283 e. The molecule has 0 aliphatic carbocycles. The lowest BCUT2D eigenvalue weighted by atomic mass is 10.3. The number of aromatic hydroxyl groups is 1. The molecular weight excluding hydrogens is 320 g/mol. The highest BCUT2D eigenvalue weighted by atomic mass is 79.9. The van der Waals surface area contributed by atoms with Crippen molar-refractivity contribution in [3.05, 3.63) is 43.9 Å². The molecule has 0 aliphatic rings. The van der Waals surface area contributed by atoms with Crippen molar-refractivity contribution in [1.29, 1.82) is 0 Å². The van der Waals surface area contributed by atoms with Crippen LogP contribution in [-0.4, -0.2) is 15.1 Å². The lowest BCUT2D eigenvalue weighted by Crippen LogP contribution is -2.06. The average Bonchev–Trinajstić information content (AvgIpc) is 2.30. The second kappa shape index (κ2) is 5.23. The highest BCUT2D eigenvalue weighted by Crippen LogP contribution is 2.22. The van der Waals surface area contributed by atoms with Crippen molar-refractivity contribution >= 4 is 39.5 Å². The SMILES string of the molecule is O=c1[nH]c(=S)[nH]c(O)c1N=Nc1ccc(Br)cc1. The van der Waals surface area contributed by atoms with Crippen LogP contribution in [0.1, 0.15) is 0 Å². The molecule has 0 saturated heterocycles. The summed E-state index contributed by atoms with van der Waals surface area (Å²) in [6.07, 6.45) is 0. The largest absolute Gasteiger partial charge is 0.493 e. The maximum Gasteiger partial charge on any atom is 0.283 e. The van der Waals surface area contributed by atoms with Crippen molar-refractivity contribution in [3.8, 4) is 5.88 Å². The molecule has 1 aromatic heterocycles. The minimum Gasteiger partial charge on any atom is -0.493 e. The third-order valence-electron chi connectivity index (χ3n) is 1.99. The zero-order chi connectivity index (χ0) is 13.1. The molecule has 0 fully saturated rings. The Labute approximate surface area is 115 Å². The summed E-state index contributed by atoms with van der Waals surface area (Å²) < 4.78 is 0.936. The molecule has 1 aromatic carbocycles. The Morgan fingerprint density at radius 1 is 1.17 bits per heavy atom. The van der Waals surface area contributed by atoms with Gasteiger partial charge in [0.1, 0.15) is 0 Å². The second-order valence-electron chi connectivity index (χ2n) is 3.28. The molecule has 0 radical (unpaired) electrons. The molecule has 0 aliphatic heterocycles. The Morgan fingerprint density at radius 3 is 2.44 bits per heavy atom. The minimum absolute atomic E-state index is 0.0279. The predicted molar refractivity (Wildman–Crippen MR) is 72.2 cm³/mol. The predicted octanol–water partition coefficient (Wildman–Crippen LogP) is 3.32. The summed E-state index contributed by atoms with van der Waals surface area (Å²) in [5.74, 6) is -0.412. The first-order valence-corrected chi connectivity index (χ1v) is 5.99. The highest BCUT2D eigenvalue weighted by Gasteiger charge is 2.05. The molecule has 0 spiro atoms. The number of nitrogens with zero attached hydrogens (tertiary/aromatic N) is 2. The summed E-state index contributed by atoms with van der Waals surface area (Å²) in [6, 6.07) is 7.00. The van der Waals surface area contributed by atoms with Gasteiger partial charge in [-0.25, -0.2) is 0 Å². The van der Waals surface area contributed by atoms with Gasteiger partial charge in [0.05, 0.1) is 5.69 Å². The number of aromatic amines is 2. The van der Waals surface area contributed by atoms with E-state index in [1.165, 1.54) is 0 Å². The molecule has 6 nitrogen and oxygen atoms in total. The molecule has 0 amide bonds.